The summed E-state index contributed by atoms with van der Waals surface area (Å²) in [6, 6.07) is 0. The maximum absolute atomic E-state index is 12.4. The van der Waals surface area contributed by atoms with E-state index in [1.807, 2.05) is 0 Å². The lowest BCUT2D eigenvalue weighted by atomic mass is 9.96. The molecule has 4 saturated carbocycles. The molecule has 0 heterocycles. The second-order valence-corrected chi connectivity index (χ2v) is 7.10. The Kier molecular flexibility index (Phi) is 2.31. The molecular weight excluding hydrogens is 242 g/mol. The molecule has 0 spiro atoms. The number of nitrogens with one attached hydrogen (secondary N) is 1. The van der Waals surface area contributed by atoms with E-state index in [-0.39, 0.29) is 11.8 Å². The lowest BCUT2D eigenvalue weighted by Gasteiger charge is -2.26. The van der Waals surface area contributed by atoms with Crippen molar-refractivity contribution in [3.8, 4) is 0 Å². The summed E-state index contributed by atoms with van der Waals surface area (Å²) in [5.41, 5.74) is -0.951. The van der Waals surface area contributed by atoms with Crippen molar-refractivity contribution in [2.75, 3.05) is 0 Å². The summed E-state index contributed by atoms with van der Waals surface area (Å²) in [6.07, 6.45) is 6.93. The minimum absolute atomic E-state index is 0.0379. The van der Waals surface area contributed by atoms with Gasteiger partial charge in [-0.15, -0.1) is 0 Å². The number of aliphatic carboxylic acids is 1. The van der Waals surface area contributed by atoms with Crippen LogP contribution in [0.15, 0.2) is 0 Å². The van der Waals surface area contributed by atoms with E-state index in [0.717, 1.165) is 24.7 Å². The first-order valence-electron chi connectivity index (χ1n) is 7.68. The van der Waals surface area contributed by atoms with Crippen LogP contribution in [0.4, 0.5) is 0 Å². The van der Waals surface area contributed by atoms with Gasteiger partial charge in [0.25, 0.3) is 0 Å². The summed E-state index contributed by atoms with van der Waals surface area (Å²) in [6.45, 7) is 0. The Morgan fingerprint density at radius 1 is 1.05 bits per heavy atom. The summed E-state index contributed by atoms with van der Waals surface area (Å²) < 4.78 is 0. The highest BCUT2D eigenvalue weighted by atomic mass is 16.4. The molecule has 4 aliphatic carbocycles. The number of rotatable bonds is 3. The zero-order chi connectivity index (χ0) is 13.2. The Hall–Kier alpha value is -1.06. The number of carbonyl (C=O) groups excluding carboxylic acids is 1. The molecular formula is C15H21NO3. The normalized spacial score (nSPS) is 44.9. The number of hydrogen-bond donors (Lipinski definition) is 2. The molecule has 4 unspecified atom stereocenters. The van der Waals surface area contributed by atoms with Crippen LogP contribution in [0.3, 0.4) is 0 Å². The highest BCUT2D eigenvalue weighted by molar-refractivity contribution is 5.90. The van der Waals surface area contributed by atoms with Crippen LogP contribution in [0.2, 0.25) is 0 Å². The van der Waals surface area contributed by atoms with Gasteiger partial charge >= 0.3 is 5.97 Å². The van der Waals surface area contributed by atoms with E-state index < -0.39 is 11.5 Å². The average molecular weight is 263 g/mol. The molecule has 4 aliphatic rings. The van der Waals surface area contributed by atoms with Crippen molar-refractivity contribution in [3.63, 3.8) is 0 Å². The van der Waals surface area contributed by atoms with Gasteiger partial charge in [0.15, 0.2) is 0 Å². The van der Waals surface area contributed by atoms with Gasteiger partial charge in [-0.05, 0) is 55.8 Å². The van der Waals surface area contributed by atoms with Crippen LogP contribution in [0.1, 0.15) is 44.9 Å². The molecule has 2 bridgehead atoms. The van der Waals surface area contributed by atoms with Crippen LogP contribution < -0.4 is 5.32 Å². The number of fused-ring (bicyclic) bond motifs is 5. The molecule has 1 amide bonds. The van der Waals surface area contributed by atoms with E-state index in [1.165, 1.54) is 19.3 Å². The molecule has 0 radical (unpaired) electrons. The zero-order valence-electron chi connectivity index (χ0n) is 11.1. The topological polar surface area (TPSA) is 66.4 Å². The Balaban J connectivity index is 1.46. The first-order valence-corrected chi connectivity index (χ1v) is 7.68. The van der Waals surface area contributed by atoms with E-state index in [1.54, 1.807) is 0 Å². The van der Waals surface area contributed by atoms with Crippen LogP contribution >= 0.6 is 0 Å². The molecule has 19 heavy (non-hydrogen) atoms. The predicted molar refractivity (Wildman–Crippen MR) is 68.3 cm³/mol. The largest absolute Gasteiger partial charge is 0.480 e. The fourth-order valence-electron chi connectivity index (χ4n) is 5.37. The lowest BCUT2D eigenvalue weighted by molar-refractivity contribution is -0.147. The molecule has 0 aromatic heterocycles. The summed E-state index contributed by atoms with van der Waals surface area (Å²) in [5, 5.41) is 12.3. The maximum Gasteiger partial charge on any atom is 0.329 e. The van der Waals surface area contributed by atoms with Gasteiger partial charge in [0, 0.05) is 5.92 Å². The third-order valence-corrected chi connectivity index (χ3v) is 6.27. The second-order valence-electron chi connectivity index (χ2n) is 7.10. The minimum atomic E-state index is -0.951. The summed E-state index contributed by atoms with van der Waals surface area (Å²) in [5.74, 6) is 2.04. The lowest BCUT2D eigenvalue weighted by Crippen LogP contribution is -2.53. The van der Waals surface area contributed by atoms with Gasteiger partial charge < -0.3 is 10.4 Å². The van der Waals surface area contributed by atoms with Gasteiger partial charge in [0.05, 0.1) is 0 Å². The van der Waals surface area contributed by atoms with Crippen molar-refractivity contribution in [2.24, 2.45) is 29.6 Å². The summed E-state index contributed by atoms with van der Waals surface area (Å²) in [7, 11) is 0. The standard InChI is InChI=1S/C15H21NO3/c17-13(16-15(14(18)19)5-1-2-6-15)12-10-8-3-4-9(7-8)11(10)12/h8-12H,1-7H2,(H,16,17)(H,18,19). The zero-order valence-corrected chi connectivity index (χ0v) is 11.1. The molecule has 0 aromatic rings. The quantitative estimate of drug-likeness (QED) is 0.816. The van der Waals surface area contributed by atoms with Gasteiger partial charge in [-0.25, -0.2) is 4.79 Å². The van der Waals surface area contributed by atoms with Gasteiger partial charge in [-0.2, -0.15) is 0 Å². The van der Waals surface area contributed by atoms with Crippen molar-refractivity contribution in [2.45, 2.75) is 50.5 Å². The van der Waals surface area contributed by atoms with Gasteiger partial charge in [0.1, 0.15) is 5.54 Å². The Morgan fingerprint density at radius 3 is 2.16 bits per heavy atom. The summed E-state index contributed by atoms with van der Waals surface area (Å²) >= 11 is 0. The van der Waals surface area contributed by atoms with Crippen LogP contribution in [0.25, 0.3) is 0 Å². The van der Waals surface area contributed by atoms with E-state index in [9.17, 15) is 14.7 Å². The number of hydrogen-bond acceptors (Lipinski definition) is 2. The van der Waals surface area contributed by atoms with Gasteiger partial charge in [0.2, 0.25) is 5.91 Å². The molecule has 4 heteroatoms. The molecule has 0 aliphatic heterocycles. The molecule has 4 nitrogen and oxygen atoms in total. The van der Waals surface area contributed by atoms with Gasteiger partial charge in [-0.3, -0.25) is 4.79 Å². The van der Waals surface area contributed by atoms with Crippen LogP contribution in [-0.4, -0.2) is 22.5 Å². The van der Waals surface area contributed by atoms with E-state index in [4.69, 9.17) is 0 Å². The molecule has 4 atom stereocenters. The highest BCUT2D eigenvalue weighted by Gasteiger charge is 2.68. The SMILES string of the molecule is O=C(NC1(C(=O)O)CCCC1)C1C2C3CCC(C3)C12. The number of carbonyl (C=O) groups is 2. The van der Waals surface area contributed by atoms with Crippen LogP contribution in [0, 0.1) is 29.6 Å². The maximum atomic E-state index is 12.4. The van der Waals surface area contributed by atoms with Gasteiger partial charge in [-0.1, -0.05) is 12.8 Å². The van der Waals surface area contributed by atoms with Crippen LogP contribution in [-0.2, 0) is 9.59 Å². The molecule has 2 N–H and O–H groups in total. The van der Waals surface area contributed by atoms with Crippen molar-refractivity contribution in [1.82, 2.24) is 5.32 Å². The second kappa shape index (κ2) is 3.74. The van der Waals surface area contributed by atoms with Crippen molar-refractivity contribution < 1.29 is 14.7 Å². The van der Waals surface area contributed by atoms with E-state index in [2.05, 4.69) is 5.32 Å². The Morgan fingerprint density at radius 2 is 1.63 bits per heavy atom. The first kappa shape index (κ1) is 11.7. The highest BCUT2D eigenvalue weighted by Crippen LogP contribution is 2.69. The number of carboxylic acids is 1. The molecule has 104 valence electrons. The predicted octanol–water partition coefficient (Wildman–Crippen LogP) is 1.79. The molecule has 0 saturated heterocycles. The van der Waals surface area contributed by atoms with Crippen LogP contribution in [0.5, 0.6) is 0 Å². The average Bonchev–Trinajstić information content (AvgIpc) is 2.76. The molecule has 4 rings (SSSR count). The molecule has 0 aromatic carbocycles. The van der Waals surface area contributed by atoms with E-state index in [0.29, 0.717) is 24.7 Å². The smallest absolute Gasteiger partial charge is 0.329 e. The van der Waals surface area contributed by atoms with E-state index >= 15 is 0 Å². The fourth-order valence-corrected chi connectivity index (χ4v) is 5.37. The monoisotopic (exact) mass is 263 g/mol. The third-order valence-electron chi connectivity index (χ3n) is 6.27. The van der Waals surface area contributed by atoms with Crippen molar-refractivity contribution in [1.29, 1.82) is 0 Å². The summed E-state index contributed by atoms with van der Waals surface area (Å²) in [4.78, 5) is 23.9. The number of amides is 1. The number of carboxylic acid groups (broad SMARTS) is 1. The first-order chi connectivity index (χ1) is 9.12. The fraction of sp³-hybridized carbons (Fsp3) is 0.867. The van der Waals surface area contributed by atoms with Crippen molar-refractivity contribution >= 4 is 11.9 Å². The Bertz CT molecular complexity index is 425. The minimum Gasteiger partial charge on any atom is -0.480 e. The molecule has 4 fully saturated rings. The third kappa shape index (κ3) is 1.52. The van der Waals surface area contributed by atoms with Crippen molar-refractivity contribution in [3.05, 3.63) is 0 Å². The Labute approximate surface area is 112 Å².